The number of carboxylic acids is 1. The standard InChI is InChI=1S/C16H14O2/c1-16(2,12-8-4-3-5-9-12)14-11-7-6-10-13(14)15(17)18/h3-11H,1H2,2H3. The van der Waals surface area contributed by atoms with Gasteiger partial charge in [-0.2, -0.15) is 0 Å². The van der Waals surface area contributed by atoms with Crippen molar-refractivity contribution in [1.82, 2.24) is 0 Å². The number of aromatic carboxylic acids is 1. The number of hydrogen-bond donors (Lipinski definition) is 0. The summed E-state index contributed by atoms with van der Waals surface area (Å²) in [6, 6.07) is 16.5. The van der Waals surface area contributed by atoms with Crippen LogP contribution in [0.5, 0.6) is 0 Å². The van der Waals surface area contributed by atoms with Crippen molar-refractivity contribution in [2.24, 2.45) is 0 Å². The van der Waals surface area contributed by atoms with Crippen LogP contribution in [-0.4, -0.2) is 5.97 Å². The lowest BCUT2D eigenvalue weighted by Crippen LogP contribution is -2.29. The quantitative estimate of drug-likeness (QED) is 0.769. The molecule has 0 bridgehead atoms. The highest BCUT2D eigenvalue weighted by molar-refractivity contribution is 5.88. The van der Waals surface area contributed by atoms with E-state index in [4.69, 9.17) is 0 Å². The van der Waals surface area contributed by atoms with E-state index in [0.29, 0.717) is 5.56 Å². The van der Waals surface area contributed by atoms with Gasteiger partial charge in [0.2, 0.25) is 0 Å². The summed E-state index contributed by atoms with van der Waals surface area (Å²) in [5.41, 5.74) is 1.21. The Morgan fingerprint density at radius 2 is 1.61 bits per heavy atom. The summed E-state index contributed by atoms with van der Waals surface area (Å²) >= 11 is 0. The molecular weight excluding hydrogens is 224 g/mol. The van der Waals surface area contributed by atoms with Crippen molar-refractivity contribution < 1.29 is 9.90 Å². The molecule has 2 aromatic carbocycles. The minimum atomic E-state index is -1.17. The van der Waals surface area contributed by atoms with Gasteiger partial charge in [-0.15, -0.1) is 0 Å². The molecular formula is C16H14O2. The molecule has 2 aromatic rings. The summed E-state index contributed by atoms with van der Waals surface area (Å²) < 4.78 is 0. The Kier molecular flexibility index (Phi) is 3.11. The monoisotopic (exact) mass is 238 g/mol. The topological polar surface area (TPSA) is 40.1 Å². The fourth-order valence-corrected chi connectivity index (χ4v) is 2.10. The molecule has 0 aromatic heterocycles. The zero-order valence-electron chi connectivity index (χ0n) is 10.2. The third-order valence-corrected chi connectivity index (χ3v) is 3.15. The van der Waals surface area contributed by atoms with Crippen LogP contribution in [0.3, 0.4) is 0 Å². The van der Waals surface area contributed by atoms with Crippen LogP contribution in [0.25, 0.3) is 0 Å². The molecule has 0 radical (unpaired) electrons. The zero-order chi connectivity index (χ0) is 13.2. The highest BCUT2D eigenvalue weighted by atomic mass is 16.4. The first-order chi connectivity index (χ1) is 8.53. The van der Waals surface area contributed by atoms with E-state index in [1.165, 1.54) is 0 Å². The maximum atomic E-state index is 11.2. The highest BCUT2D eigenvalue weighted by Gasteiger charge is 2.32. The van der Waals surface area contributed by atoms with E-state index in [-0.39, 0.29) is 5.56 Å². The molecule has 0 amide bonds. The van der Waals surface area contributed by atoms with Crippen LogP contribution >= 0.6 is 0 Å². The summed E-state index contributed by atoms with van der Waals surface area (Å²) in [5.74, 6) is -1.17. The lowest BCUT2D eigenvalue weighted by molar-refractivity contribution is -0.255. The fraction of sp³-hybridized carbons (Fsp3) is 0.125. The van der Waals surface area contributed by atoms with E-state index < -0.39 is 11.4 Å². The van der Waals surface area contributed by atoms with Crippen LogP contribution in [0.2, 0.25) is 0 Å². The molecule has 0 spiro atoms. The van der Waals surface area contributed by atoms with Gasteiger partial charge >= 0.3 is 0 Å². The molecule has 0 aliphatic heterocycles. The zero-order valence-corrected chi connectivity index (χ0v) is 10.2. The SMILES string of the molecule is [CH2+]C(C)(c1ccccc1)c1ccccc1C(=O)[O-]. The predicted octanol–water partition coefficient (Wildman–Crippen LogP) is 2.19. The van der Waals surface area contributed by atoms with Crippen molar-refractivity contribution in [3.8, 4) is 0 Å². The molecule has 90 valence electrons. The van der Waals surface area contributed by atoms with Crippen LogP contribution in [-0.2, 0) is 5.41 Å². The van der Waals surface area contributed by atoms with E-state index in [9.17, 15) is 9.90 Å². The minimum Gasteiger partial charge on any atom is -0.545 e. The fourth-order valence-electron chi connectivity index (χ4n) is 2.10. The number of carboxylic acid groups (broad SMARTS) is 1. The third kappa shape index (κ3) is 2.09. The smallest absolute Gasteiger partial charge is 0.153 e. The second-order valence-electron chi connectivity index (χ2n) is 4.53. The second kappa shape index (κ2) is 4.57. The number of rotatable bonds is 3. The molecule has 0 aliphatic rings. The number of carbonyl (C=O) groups is 1. The predicted molar refractivity (Wildman–Crippen MR) is 69.0 cm³/mol. The molecule has 0 N–H and O–H groups in total. The molecule has 1 atom stereocenters. The van der Waals surface area contributed by atoms with Crippen LogP contribution in [0, 0.1) is 6.92 Å². The normalized spacial score (nSPS) is 13.8. The molecule has 2 rings (SSSR count). The van der Waals surface area contributed by atoms with E-state index >= 15 is 0 Å². The van der Waals surface area contributed by atoms with Gasteiger partial charge in [0.05, 0.1) is 12.9 Å². The Morgan fingerprint density at radius 1 is 1.06 bits per heavy atom. The van der Waals surface area contributed by atoms with Crippen molar-refractivity contribution in [3.05, 3.63) is 78.2 Å². The van der Waals surface area contributed by atoms with E-state index in [0.717, 1.165) is 5.56 Å². The Morgan fingerprint density at radius 3 is 2.22 bits per heavy atom. The average Bonchev–Trinajstić information content (AvgIpc) is 2.39. The number of carbonyl (C=O) groups excluding carboxylic acids is 1. The maximum absolute atomic E-state index is 11.2. The highest BCUT2D eigenvalue weighted by Crippen LogP contribution is 2.32. The molecule has 0 saturated heterocycles. The molecule has 2 heteroatoms. The van der Waals surface area contributed by atoms with Crippen molar-refractivity contribution in [2.75, 3.05) is 0 Å². The van der Waals surface area contributed by atoms with Crippen LogP contribution in [0.4, 0.5) is 0 Å². The number of benzene rings is 2. The van der Waals surface area contributed by atoms with Gasteiger partial charge < -0.3 is 9.90 Å². The van der Waals surface area contributed by atoms with Crippen molar-refractivity contribution >= 4 is 5.97 Å². The molecule has 0 heterocycles. The molecule has 18 heavy (non-hydrogen) atoms. The summed E-state index contributed by atoms with van der Waals surface area (Å²) in [4.78, 5) is 11.2. The van der Waals surface area contributed by atoms with Gasteiger partial charge in [-0.05, 0) is 6.92 Å². The molecule has 0 aliphatic carbocycles. The lowest BCUT2D eigenvalue weighted by atomic mass is 9.76. The van der Waals surface area contributed by atoms with E-state index in [2.05, 4.69) is 6.92 Å². The van der Waals surface area contributed by atoms with Gasteiger partial charge in [0.25, 0.3) is 0 Å². The van der Waals surface area contributed by atoms with E-state index in [1.807, 2.05) is 43.3 Å². The van der Waals surface area contributed by atoms with Gasteiger partial charge in [0, 0.05) is 16.7 Å². The van der Waals surface area contributed by atoms with Crippen molar-refractivity contribution in [2.45, 2.75) is 12.3 Å². The van der Waals surface area contributed by atoms with E-state index in [1.54, 1.807) is 18.2 Å². The van der Waals surface area contributed by atoms with Gasteiger partial charge in [0.15, 0.2) is 5.41 Å². The van der Waals surface area contributed by atoms with Crippen LogP contribution in [0.1, 0.15) is 28.4 Å². The third-order valence-electron chi connectivity index (χ3n) is 3.15. The lowest BCUT2D eigenvalue weighted by Gasteiger charge is -2.22. The van der Waals surface area contributed by atoms with Gasteiger partial charge in [-0.25, -0.2) is 0 Å². The average molecular weight is 238 g/mol. The first-order valence-electron chi connectivity index (χ1n) is 5.75. The molecule has 2 nitrogen and oxygen atoms in total. The minimum absolute atomic E-state index is 0.193. The molecule has 0 fully saturated rings. The number of hydrogen-bond acceptors (Lipinski definition) is 2. The first kappa shape index (κ1) is 12.2. The van der Waals surface area contributed by atoms with Gasteiger partial charge in [-0.1, -0.05) is 54.6 Å². The Hall–Kier alpha value is -2.22. The summed E-state index contributed by atoms with van der Waals surface area (Å²) in [7, 11) is 0. The van der Waals surface area contributed by atoms with Crippen LogP contribution in [0.15, 0.2) is 54.6 Å². The Balaban J connectivity index is 2.58. The Bertz CT molecular complexity index is 556. The maximum Gasteiger partial charge on any atom is 0.153 e. The summed E-state index contributed by atoms with van der Waals surface area (Å²) in [6.45, 7) is 6.07. The van der Waals surface area contributed by atoms with Crippen molar-refractivity contribution in [3.63, 3.8) is 0 Å². The second-order valence-corrected chi connectivity index (χ2v) is 4.53. The van der Waals surface area contributed by atoms with Gasteiger partial charge in [0.1, 0.15) is 0 Å². The summed E-state index contributed by atoms with van der Waals surface area (Å²) in [5, 5.41) is 11.2. The first-order valence-corrected chi connectivity index (χ1v) is 5.75. The largest absolute Gasteiger partial charge is 0.545 e. The van der Waals surface area contributed by atoms with Gasteiger partial charge in [-0.3, -0.25) is 0 Å². The van der Waals surface area contributed by atoms with Crippen LogP contribution < -0.4 is 5.11 Å². The summed E-state index contributed by atoms with van der Waals surface area (Å²) in [6.07, 6.45) is 0. The molecule has 1 unspecified atom stereocenters. The van der Waals surface area contributed by atoms with Crippen molar-refractivity contribution in [1.29, 1.82) is 0 Å². The molecule has 0 saturated carbocycles. The Labute approximate surface area is 107 Å².